The molecule has 0 aliphatic rings. The first-order valence-electron chi connectivity index (χ1n) is 4.94. The molecule has 0 bridgehead atoms. The van der Waals surface area contributed by atoms with Crippen molar-refractivity contribution in [2.75, 3.05) is 0 Å². The van der Waals surface area contributed by atoms with Crippen LogP contribution in [0.2, 0.25) is 0 Å². The van der Waals surface area contributed by atoms with E-state index in [0.717, 1.165) is 0 Å². The third kappa shape index (κ3) is 10.2. The van der Waals surface area contributed by atoms with Gasteiger partial charge in [-0.25, -0.2) is 0 Å². The van der Waals surface area contributed by atoms with Crippen LogP contribution in [0.1, 0.15) is 51.4 Å². The standard InChI is InChI=1S/C11H20Br/c1-2-3-4-5-6-7-8-9-10-11-12/h2,11H,1,3-10H2. The molecule has 0 atom stereocenters. The predicted molar refractivity (Wildman–Crippen MR) is 60.4 cm³/mol. The summed E-state index contributed by atoms with van der Waals surface area (Å²) >= 11 is 3.32. The van der Waals surface area contributed by atoms with E-state index in [-0.39, 0.29) is 0 Å². The molecule has 0 saturated carbocycles. The molecule has 0 spiro atoms. The first-order chi connectivity index (χ1) is 5.91. The molecule has 12 heavy (non-hydrogen) atoms. The van der Waals surface area contributed by atoms with E-state index in [1.165, 1.54) is 51.4 Å². The number of hydrogen-bond donors (Lipinski definition) is 0. The molecule has 1 radical (unpaired) electrons. The molecule has 0 heterocycles. The lowest BCUT2D eigenvalue weighted by Gasteiger charge is -1.98. The monoisotopic (exact) mass is 231 g/mol. The van der Waals surface area contributed by atoms with E-state index in [1.54, 1.807) is 0 Å². The van der Waals surface area contributed by atoms with Gasteiger partial charge in [0.1, 0.15) is 0 Å². The first kappa shape index (κ1) is 12.2. The van der Waals surface area contributed by atoms with Crippen LogP contribution in [-0.4, -0.2) is 0 Å². The van der Waals surface area contributed by atoms with Crippen molar-refractivity contribution in [3.05, 3.63) is 18.0 Å². The minimum absolute atomic E-state index is 1.19. The number of unbranched alkanes of at least 4 members (excludes halogenated alkanes) is 7. The molecule has 0 fully saturated rings. The summed E-state index contributed by atoms with van der Waals surface area (Å²) < 4.78 is 0. The van der Waals surface area contributed by atoms with E-state index in [2.05, 4.69) is 27.8 Å². The fourth-order valence-electron chi connectivity index (χ4n) is 1.22. The van der Waals surface area contributed by atoms with Crippen molar-refractivity contribution in [1.82, 2.24) is 0 Å². The van der Waals surface area contributed by atoms with Gasteiger partial charge in [0.25, 0.3) is 0 Å². The summed E-state index contributed by atoms with van der Waals surface area (Å²) in [5, 5.41) is 2.07. The highest BCUT2D eigenvalue weighted by Crippen LogP contribution is 2.10. The molecule has 71 valence electrons. The van der Waals surface area contributed by atoms with Crippen LogP contribution < -0.4 is 0 Å². The van der Waals surface area contributed by atoms with Crippen molar-refractivity contribution >= 4 is 15.9 Å². The van der Waals surface area contributed by atoms with Gasteiger partial charge in [0.15, 0.2) is 0 Å². The number of rotatable bonds is 9. The minimum Gasteiger partial charge on any atom is -0.103 e. The van der Waals surface area contributed by atoms with Crippen molar-refractivity contribution < 1.29 is 0 Å². The second-order valence-electron chi connectivity index (χ2n) is 3.14. The number of hydrogen-bond acceptors (Lipinski definition) is 0. The van der Waals surface area contributed by atoms with Gasteiger partial charge < -0.3 is 0 Å². The molecule has 0 unspecified atom stereocenters. The maximum absolute atomic E-state index is 3.71. The van der Waals surface area contributed by atoms with Gasteiger partial charge in [-0.3, -0.25) is 0 Å². The van der Waals surface area contributed by atoms with Crippen molar-refractivity contribution in [3.8, 4) is 0 Å². The second-order valence-corrected chi connectivity index (χ2v) is 3.79. The molecular weight excluding hydrogens is 212 g/mol. The first-order valence-corrected chi connectivity index (χ1v) is 5.86. The van der Waals surface area contributed by atoms with Gasteiger partial charge in [0.05, 0.1) is 0 Å². The molecular formula is C11H20Br. The Morgan fingerprint density at radius 3 is 1.83 bits per heavy atom. The van der Waals surface area contributed by atoms with Crippen molar-refractivity contribution in [1.29, 1.82) is 0 Å². The third-order valence-corrected chi connectivity index (χ3v) is 2.43. The van der Waals surface area contributed by atoms with Crippen molar-refractivity contribution in [2.45, 2.75) is 51.4 Å². The second kappa shape index (κ2) is 11.2. The fourth-order valence-corrected chi connectivity index (χ4v) is 1.54. The number of halogens is 1. The van der Waals surface area contributed by atoms with E-state index in [1.807, 2.05) is 6.08 Å². The predicted octanol–water partition coefficient (Wildman–Crippen LogP) is 4.85. The van der Waals surface area contributed by atoms with Gasteiger partial charge in [-0.05, 0) is 19.3 Å². The highest BCUT2D eigenvalue weighted by molar-refractivity contribution is 9.10. The molecule has 0 aromatic rings. The third-order valence-electron chi connectivity index (χ3n) is 1.97. The van der Waals surface area contributed by atoms with E-state index >= 15 is 0 Å². The summed E-state index contributed by atoms with van der Waals surface area (Å²) in [6.45, 7) is 3.71. The van der Waals surface area contributed by atoms with Crippen LogP contribution in [0, 0.1) is 5.33 Å². The molecule has 0 rings (SSSR count). The van der Waals surface area contributed by atoms with Gasteiger partial charge >= 0.3 is 0 Å². The molecule has 0 nitrogen and oxygen atoms in total. The van der Waals surface area contributed by atoms with Crippen LogP contribution in [0.5, 0.6) is 0 Å². The van der Waals surface area contributed by atoms with E-state index in [9.17, 15) is 0 Å². The van der Waals surface area contributed by atoms with Crippen LogP contribution in [0.25, 0.3) is 0 Å². The van der Waals surface area contributed by atoms with Crippen LogP contribution >= 0.6 is 15.9 Å². The zero-order chi connectivity index (χ0) is 9.07. The fraction of sp³-hybridized carbons (Fsp3) is 0.727. The Labute approximate surface area is 85.6 Å². The minimum atomic E-state index is 1.19. The molecule has 0 aliphatic carbocycles. The van der Waals surface area contributed by atoms with Gasteiger partial charge in [-0.2, -0.15) is 0 Å². The van der Waals surface area contributed by atoms with Gasteiger partial charge in [-0.15, -0.1) is 6.58 Å². The van der Waals surface area contributed by atoms with E-state index in [4.69, 9.17) is 0 Å². The zero-order valence-corrected chi connectivity index (χ0v) is 9.48. The van der Waals surface area contributed by atoms with Crippen molar-refractivity contribution in [3.63, 3.8) is 0 Å². The maximum atomic E-state index is 3.71. The van der Waals surface area contributed by atoms with Gasteiger partial charge in [0.2, 0.25) is 0 Å². The summed E-state index contributed by atoms with van der Waals surface area (Å²) in [7, 11) is 0. The molecule has 0 amide bonds. The molecule has 0 saturated heterocycles. The van der Waals surface area contributed by atoms with E-state index < -0.39 is 0 Å². The van der Waals surface area contributed by atoms with Crippen molar-refractivity contribution in [2.24, 2.45) is 0 Å². The normalized spacial score (nSPS) is 10.1. The molecule has 0 aromatic carbocycles. The lowest BCUT2D eigenvalue weighted by atomic mass is 10.1. The molecule has 0 N–H and O–H groups in total. The zero-order valence-electron chi connectivity index (χ0n) is 7.90. The molecule has 0 aromatic heterocycles. The highest BCUT2D eigenvalue weighted by atomic mass is 79.9. The average Bonchev–Trinajstić information content (AvgIpc) is 2.10. The molecule has 0 aliphatic heterocycles. The highest BCUT2D eigenvalue weighted by Gasteiger charge is 1.89. The quantitative estimate of drug-likeness (QED) is 0.393. The summed E-state index contributed by atoms with van der Waals surface area (Å²) in [6.07, 6.45) is 12.6. The Morgan fingerprint density at radius 1 is 0.833 bits per heavy atom. The maximum Gasteiger partial charge on any atom is 0.0271 e. The van der Waals surface area contributed by atoms with E-state index in [0.29, 0.717) is 0 Å². The largest absolute Gasteiger partial charge is 0.103 e. The lowest BCUT2D eigenvalue weighted by molar-refractivity contribution is 0.599. The summed E-state index contributed by atoms with van der Waals surface area (Å²) in [6, 6.07) is 0. The smallest absolute Gasteiger partial charge is 0.0271 e. The Balaban J connectivity index is 2.77. The Bertz CT molecular complexity index is 89.0. The molecule has 1 heteroatoms. The van der Waals surface area contributed by atoms with Crippen LogP contribution in [-0.2, 0) is 0 Å². The summed E-state index contributed by atoms with van der Waals surface area (Å²) in [5.74, 6) is 0. The lowest BCUT2D eigenvalue weighted by Crippen LogP contribution is -1.79. The van der Waals surface area contributed by atoms with Gasteiger partial charge in [0, 0.05) is 5.33 Å². The average molecular weight is 232 g/mol. The Kier molecular flexibility index (Phi) is 11.4. The van der Waals surface area contributed by atoms with Crippen LogP contribution in [0.3, 0.4) is 0 Å². The number of allylic oxidation sites excluding steroid dienone is 1. The van der Waals surface area contributed by atoms with Crippen LogP contribution in [0.15, 0.2) is 12.7 Å². The SMILES string of the molecule is C=CCCCCCCCC[CH]Br. The van der Waals surface area contributed by atoms with Gasteiger partial charge in [-0.1, -0.05) is 54.1 Å². The summed E-state index contributed by atoms with van der Waals surface area (Å²) in [4.78, 5) is 0. The summed E-state index contributed by atoms with van der Waals surface area (Å²) in [5.41, 5.74) is 0. The Hall–Kier alpha value is 0.220. The van der Waals surface area contributed by atoms with Crippen LogP contribution in [0.4, 0.5) is 0 Å². The topological polar surface area (TPSA) is 0 Å². The Morgan fingerprint density at radius 2 is 1.33 bits per heavy atom.